The molecule has 0 amide bonds. The molecular formula is C19H14F4N4O. The maximum Gasteiger partial charge on any atom is 0.416 e. The van der Waals surface area contributed by atoms with Crippen molar-refractivity contribution in [1.82, 2.24) is 0 Å². The molecule has 0 aromatic heterocycles. The number of nitrogens with zero attached hydrogens (tertiary/aromatic N) is 4. The van der Waals surface area contributed by atoms with Crippen molar-refractivity contribution in [2.24, 2.45) is 15.2 Å². The topological polar surface area (TPSA) is 60.5 Å². The van der Waals surface area contributed by atoms with Crippen molar-refractivity contribution >= 4 is 22.9 Å². The van der Waals surface area contributed by atoms with Gasteiger partial charge in [-0.1, -0.05) is 12.1 Å². The van der Waals surface area contributed by atoms with Gasteiger partial charge in [-0.3, -0.25) is 9.89 Å². The zero-order chi connectivity index (χ0) is 20.1. The molecule has 2 aromatic rings. The number of aliphatic imine (C=N–C) groups is 1. The average molecular weight is 390 g/mol. The van der Waals surface area contributed by atoms with E-state index < -0.39 is 23.8 Å². The van der Waals surface area contributed by atoms with Crippen LogP contribution in [0.2, 0.25) is 0 Å². The highest BCUT2D eigenvalue weighted by Gasteiger charge is 2.36. The van der Waals surface area contributed by atoms with Crippen LogP contribution in [0.3, 0.4) is 0 Å². The maximum absolute atomic E-state index is 14.4. The largest absolute Gasteiger partial charge is 0.416 e. The number of halogens is 4. The van der Waals surface area contributed by atoms with E-state index in [4.69, 9.17) is 0 Å². The number of hydrogen-bond donors (Lipinski definition) is 1. The number of aliphatic hydroxyl groups is 1. The van der Waals surface area contributed by atoms with E-state index in [9.17, 15) is 22.7 Å². The van der Waals surface area contributed by atoms with Crippen molar-refractivity contribution in [1.29, 1.82) is 0 Å². The fourth-order valence-electron chi connectivity index (χ4n) is 3.17. The number of anilines is 1. The quantitative estimate of drug-likeness (QED) is 0.757. The summed E-state index contributed by atoms with van der Waals surface area (Å²) in [5, 5.41) is 18.4. The standard InChI is InChI=1S/C19H14F4N4O/c1-10-18(28)27-15-7-6-11(19(21,22)23)8-13(15)17(24-9-16(27)26-25-10)12-4-2-3-5-14(12)20/h2-8,18,28H,9H2,1H3. The maximum atomic E-state index is 14.4. The summed E-state index contributed by atoms with van der Waals surface area (Å²) in [5.74, 6) is -0.357. The van der Waals surface area contributed by atoms with E-state index in [0.717, 1.165) is 12.1 Å². The third-order valence-electron chi connectivity index (χ3n) is 4.57. The van der Waals surface area contributed by atoms with Crippen LogP contribution in [0.25, 0.3) is 0 Å². The fourth-order valence-corrected chi connectivity index (χ4v) is 3.17. The summed E-state index contributed by atoms with van der Waals surface area (Å²) in [7, 11) is 0. The minimum Gasteiger partial charge on any atom is -0.368 e. The molecule has 0 fully saturated rings. The van der Waals surface area contributed by atoms with Gasteiger partial charge in [0.2, 0.25) is 0 Å². The first-order valence-corrected chi connectivity index (χ1v) is 8.36. The summed E-state index contributed by atoms with van der Waals surface area (Å²) < 4.78 is 54.4. The highest BCUT2D eigenvalue weighted by Crippen LogP contribution is 2.36. The van der Waals surface area contributed by atoms with E-state index in [1.54, 1.807) is 13.0 Å². The highest BCUT2D eigenvalue weighted by molar-refractivity contribution is 6.21. The van der Waals surface area contributed by atoms with Gasteiger partial charge in [0.25, 0.3) is 0 Å². The van der Waals surface area contributed by atoms with Crippen LogP contribution in [-0.2, 0) is 6.18 Å². The molecule has 0 aliphatic carbocycles. The van der Waals surface area contributed by atoms with Crippen LogP contribution in [-0.4, -0.2) is 35.1 Å². The van der Waals surface area contributed by atoms with Gasteiger partial charge in [-0.2, -0.15) is 18.3 Å². The molecule has 1 atom stereocenters. The summed E-state index contributed by atoms with van der Waals surface area (Å²) >= 11 is 0. The lowest BCUT2D eigenvalue weighted by Crippen LogP contribution is -2.47. The van der Waals surface area contributed by atoms with Gasteiger partial charge in [0.05, 0.1) is 29.2 Å². The molecule has 0 radical (unpaired) electrons. The summed E-state index contributed by atoms with van der Waals surface area (Å²) in [6.45, 7) is 1.48. The zero-order valence-electron chi connectivity index (χ0n) is 14.6. The number of fused-ring (bicyclic) bond motifs is 3. The Balaban J connectivity index is 1.98. The zero-order valence-corrected chi connectivity index (χ0v) is 14.6. The van der Waals surface area contributed by atoms with Crippen LogP contribution in [0, 0.1) is 5.82 Å². The predicted molar refractivity (Wildman–Crippen MR) is 97.4 cm³/mol. The molecule has 28 heavy (non-hydrogen) atoms. The third kappa shape index (κ3) is 2.97. The average Bonchev–Trinajstić information content (AvgIpc) is 2.81. The molecule has 2 heterocycles. The van der Waals surface area contributed by atoms with E-state index in [1.165, 1.54) is 29.2 Å². The van der Waals surface area contributed by atoms with Crippen molar-refractivity contribution in [3.63, 3.8) is 0 Å². The van der Waals surface area contributed by atoms with Crippen molar-refractivity contribution in [3.05, 3.63) is 65.0 Å². The lowest BCUT2D eigenvalue weighted by molar-refractivity contribution is -0.137. The normalized spacial score (nSPS) is 19.1. The van der Waals surface area contributed by atoms with Crippen LogP contribution in [0.15, 0.2) is 57.7 Å². The Kier molecular flexibility index (Phi) is 4.26. The second-order valence-corrected chi connectivity index (χ2v) is 6.38. The molecule has 144 valence electrons. The summed E-state index contributed by atoms with van der Waals surface area (Å²) in [6.07, 6.45) is -5.80. The van der Waals surface area contributed by atoms with Gasteiger partial charge in [-0.15, -0.1) is 5.10 Å². The van der Waals surface area contributed by atoms with Gasteiger partial charge in [-0.05, 0) is 37.3 Å². The molecule has 4 rings (SSSR count). The van der Waals surface area contributed by atoms with Crippen molar-refractivity contribution < 1.29 is 22.7 Å². The molecule has 5 nitrogen and oxygen atoms in total. The molecule has 9 heteroatoms. The van der Waals surface area contributed by atoms with Crippen molar-refractivity contribution in [2.75, 3.05) is 11.4 Å². The van der Waals surface area contributed by atoms with Gasteiger partial charge in [0.15, 0.2) is 12.1 Å². The Morgan fingerprint density at radius 3 is 2.54 bits per heavy atom. The first kappa shape index (κ1) is 18.3. The van der Waals surface area contributed by atoms with Crippen LogP contribution < -0.4 is 4.90 Å². The molecule has 2 aliphatic rings. The van der Waals surface area contributed by atoms with E-state index in [0.29, 0.717) is 0 Å². The summed E-state index contributed by atoms with van der Waals surface area (Å²) in [6, 6.07) is 8.78. The number of alkyl halides is 3. The third-order valence-corrected chi connectivity index (χ3v) is 4.57. The summed E-state index contributed by atoms with van der Waals surface area (Å²) in [5.41, 5.74) is -0.194. The van der Waals surface area contributed by atoms with Gasteiger partial charge < -0.3 is 5.11 Å². The molecule has 0 saturated carbocycles. The minimum absolute atomic E-state index is 0.0545. The van der Waals surface area contributed by atoms with Gasteiger partial charge in [0.1, 0.15) is 5.82 Å². The molecule has 1 unspecified atom stereocenters. The smallest absolute Gasteiger partial charge is 0.368 e. The van der Waals surface area contributed by atoms with E-state index >= 15 is 0 Å². The van der Waals surface area contributed by atoms with Crippen molar-refractivity contribution in [3.8, 4) is 0 Å². The Hall–Kier alpha value is -3.07. The highest BCUT2D eigenvalue weighted by atomic mass is 19.4. The Bertz CT molecular complexity index is 1040. The molecular weight excluding hydrogens is 376 g/mol. The first-order valence-electron chi connectivity index (χ1n) is 8.36. The summed E-state index contributed by atoms with van der Waals surface area (Å²) in [4.78, 5) is 5.69. The van der Waals surface area contributed by atoms with E-state index in [2.05, 4.69) is 15.2 Å². The molecule has 2 aromatic carbocycles. The number of hydrogen-bond acceptors (Lipinski definition) is 5. The predicted octanol–water partition coefficient (Wildman–Crippen LogP) is 3.61. The molecule has 1 N–H and O–H groups in total. The SMILES string of the molecule is CC1=NN=C2CN=C(c3ccccc3F)c3cc(C(F)(F)F)ccc3N2C1O. The molecule has 0 spiro atoms. The number of benzene rings is 2. The van der Waals surface area contributed by atoms with E-state index in [1.807, 2.05) is 0 Å². The number of aliphatic hydroxyl groups excluding tert-OH is 1. The lowest BCUT2D eigenvalue weighted by atomic mass is 9.97. The second kappa shape index (κ2) is 6.52. The van der Waals surface area contributed by atoms with Crippen LogP contribution in [0.5, 0.6) is 0 Å². The first-order chi connectivity index (χ1) is 13.3. The Morgan fingerprint density at radius 1 is 1.07 bits per heavy atom. The lowest BCUT2D eigenvalue weighted by Gasteiger charge is -2.32. The molecule has 2 aliphatic heterocycles. The fraction of sp³-hybridized carbons (Fsp3) is 0.211. The van der Waals surface area contributed by atoms with Crippen LogP contribution in [0.1, 0.15) is 23.6 Å². The molecule has 0 saturated heterocycles. The minimum atomic E-state index is -4.59. The van der Waals surface area contributed by atoms with Gasteiger partial charge in [-0.25, -0.2) is 4.39 Å². The number of rotatable bonds is 1. The monoisotopic (exact) mass is 390 g/mol. The van der Waals surface area contributed by atoms with E-state index in [-0.39, 0.29) is 40.6 Å². The Morgan fingerprint density at radius 2 is 1.82 bits per heavy atom. The Labute approximate surface area is 157 Å². The van der Waals surface area contributed by atoms with Crippen molar-refractivity contribution in [2.45, 2.75) is 19.3 Å². The molecule has 0 bridgehead atoms. The number of amidine groups is 1. The van der Waals surface area contributed by atoms with Crippen LogP contribution in [0.4, 0.5) is 23.2 Å². The second-order valence-electron chi connectivity index (χ2n) is 6.38. The van der Waals surface area contributed by atoms with Crippen LogP contribution >= 0.6 is 0 Å². The van der Waals surface area contributed by atoms with Gasteiger partial charge >= 0.3 is 6.18 Å². The van der Waals surface area contributed by atoms with Gasteiger partial charge in [0, 0.05) is 11.1 Å².